The summed E-state index contributed by atoms with van der Waals surface area (Å²) in [7, 11) is 1.89. The topological polar surface area (TPSA) is 29.9 Å². The molecular formula is C15H20ClF2N3. The van der Waals surface area contributed by atoms with Crippen molar-refractivity contribution in [2.45, 2.75) is 32.9 Å². The van der Waals surface area contributed by atoms with Crippen molar-refractivity contribution in [1.82, 2.24) is 15.1 Å². The summed E-state index contributed by atoms with van der Waals surface area (Å²) in [5.41, 5.74) is 2.68. The molecule has 21 heavy (non-hydrogen) atoms. The van der Waals surface area contributed by atoms with Gasteiger partial charge in [-0.15, -0.1) is 12.4 Å². The Labute approximate surface area is 129 Å². The highest BCUT2D eigenvalue weighted by Crippen LogP contribution is 2.14. The van der Waals surface area contributed by atoms with E-state index in [9.17, 15) is 8.78 Å². The summed E-state index contributed by atoms with van der Waals surface area (Å²) in [5, 5.41) is 7.59. The van der Waals surface area contributed by atoms with Gasteiger partial charge in [-0.3, -0.25) is 4.68 Å². The third-order valence-corrected chi connectivity index (χ3v) is 3.14. The van der Waals surface area contributed by atoms with Crippen LogP contribution in [0.5, 0.6) is 0 Å². The molecule has 116 valence electrons. The van der Waals surface area contributed by atoms with E-state index in [-0.39, 0.29) is 12.4 Å². The average Bonchev–Trinajstić information content (AvgIpc) is 2.70. The van der Waals surface area contributed by atoms with Crippen LogP contribution < -0.4 is 5.32 Å². The van der Waals surface area contributed by atoms with Gasteiger partial charge in [-0.05, 0) is 29.7 Å². The monoisotopic (exact) mass is 315 g/mol. The smallest absolute Gasteiger partial charge is 0.126 e. The third kappa shape index (κ3) is 4.79. The van der Waals surface area contributed by atoms with Crippen molar-refractivity contribution in [3.05, 3.63) is 52.9 Å². The van der Waals surface area contributed by atoms with Gasteiger partial charge in [0.05, 0.1) is 11.4 Å². The minimum atomic E-state index is -0.551. The highest BCUT2D eigenvalue weighted by atomic mass is 35.5. The Bertz CT molecular complexity index is 576. The Balaban J connectivity index is 0.00000220. The highest BCUT2D eigenvalue weighted by Gasteiger charge is 2.08. The molecule has 0 amide bonds. The van der Waals surface area contributed by atoms with E-state index < -0.39 is 11.6 Å². The second-order valence-corrected chi connectivity index (χ2v) is 5.22. The van der Waals surface area contributed by atoms with Gasteiger partial charge in [0.25, 0.3) is 0 Å². The van der Waals surface area contributed by atoms with Crippen LogP contribution in [0.4, 0.5) is 8.78 Å². The Hall–Kier alpha value is -1.46. The van der Waals surface area contributed by atoms with E-state index in [1.54, 1.807) is 0 Å². The lowest BCUT2D eigenvalue weighted by molar-refractivity contribution is 0.572. The second kappa shape index (κ2) is 7.52. The van der Waals surface area contributed by atoms with E-state index in [4.69, 9.17) is 0 Å². The van der Waals surface area contributed by atoms with E-state index in [1.165, 1.54) is 12.1 Å². The Morgan fingerprint density at radius 2 is 1.71 bits per heavy atom. The maximum atomic E-state index is 13.1. The van der Waals surface area contributed by atoms with Crippen LogP contribution in [0.25, 0.3) is 0 Å². The fourth-order valence-corrected chi connectivity index (χ4v) is 2.03. The molecule has 0 aliphatic heterocycles. The largest absolute Gasteiger partial charge is 0.307 e. The minimum Gasteiger partial charge on any atom is -0.307 e. The number of aryl methyl sites for hydroxylation is 1. The van der Waals surface area contributed by atoms with Crippen LogP contribution in [0.15, 0.2) is 24.3 Å². The highest BCUT2D eigenvalue weighted by molar-refractivity contribution is 5.85. The lowest BCUT2D eigenvalue weighted by Crippen LogP contribution is -2.15. The molecule has 1 aromatic heterocycles. The molecule has 0 bridgehead atoms. The molecule has 0 spiro atoms. The SMILES string of the molecule is CC(C)c1cc(CNCc2cc(F)cc(F)c2)n(C)n1.Cl. The summed E-state index contributed by atoms with van der Waals surface area (Å²) in [5.74, 6) is -0.721. The van der Waals surface area contributed by atoms with Crippen LogP contribution in [-0.4, -0.2) is 9.78 Å². The Kier molecular flexibility index (Phi) is 6.30. The average molecular weight is 316 g/mol. The maximum absolute atomic E-state index is 13.1. The third-order valence-electron chi connectivity index (χ3n) is 3.14. The molecular weight excluding hydrogens is 296 g/mol. The van der Waals surface area contributed by atoms with Crippen molar-refractivity contribution in [3.8, 4) is 0 Å². The molecule has 0 atom stereocenters. The molecule has 0 unspecified atom stereocenters. The normalized spacial score (nSPS) is 10.8. The van der Waals surface area contributed by atoms with Gasteiger partial charge in [0, 0.05) is 26.2 Å². The zero-order chi connectivity index (χ0) is 14.7. The summed E-state index contributed by atoms with van der Waals surface area (Å²) in [4.78, 5) is 0. The summed E-state index contributed by atoms with van der Waals surface area (Å²) in [6.45, 7) is 5.20. The molecule has 0 saturated carbocycles. The summed E-state index contributed by atoms with van der Waals surface area (Å²) >= 11 is 0. The van der Waals surface area contributed by atoms with Crippen molar-refractivity contribution in [2.24, 2.45) is 7.05 Å². The maximum Gasteiger partial charge on any atom is 0.126 e. The molecule has 0 fully saturated rings. The van der Waals surface area contributed by atoms with Gasteiger partial charge in [0.15, 0.2) is 0 Å². The van der Waals surface area contributed by atoms with Crippen molar-refractivity contribution in [1.29, 1.82) is 0 Å². The first-order chi connectivity index (χ1) is 9.45. The van der Waals surface area contributed by atoms with Crippen LogP contribution in [0.2, 0.25) is 0 Å². The molecule has 1 aromatic carbocycles. The molecule has 1 heterocycles. The number of aromatic nitrogens is 2. The standard InChI is InChI=1S/C15H19F2N3.ClH/c1-10(2)15-7-14(20(3)19-15)9-18-8-11-4-12(16)6-13(17)5-11;/h4-7,10,18H,8-9H2,1-3H3;1H. The lowest BCUT2D eigenvalue weighted by atomic mass is 10.1. The molecule has 0 aliphatic carbocycles. The number of halogens is 3. The van der Waals surface area contributed by atoms with E-state index in [0.29, 0.717) is 24.6 Å². The number of benzene rings is 1. The zero-order valence-electron chi connectivity index (χ0n) is 12.4. The first kappa shape index (κ1) is 17.6. The van der Waals surface area contributed by atoms with Crippen molar-refractivity contribution in [3.63, 3.8) is 0 Å². The summed E-state index contributed by atoms with van der Waals surface area (Å²) in [6.07, 6.45) is 0. The lowest BCUT2D eigenvalue weighted by Gasteiger charge is -2.05. The number of nitrogens with zero attached hydrogens (tertiary/aromatic N) is 2. The summed E-state index contributed by atoms with van der Waals surface area (Å²) < 4.78 is 27.9. The molecule has 1 N–H and O–H groups in total. The van der Waals surface area contributed by atoms with Gasteiger partial charge in [-0.1, -0.05) is 13.8 Å². The first-order valence-corrected chi connectivity index (χ1v) is 6.64. The second-order valence-electron chi connectivity index (χ2n) is 5.22. The van der Waals surface area contributed by atoms with Crippen molar-refractivity contribution >= 4 is 12.4 Å². The van der Waals surface area contributed by atoms with Gasteiger partial charge in [0.2, 0.25) is 0 Å². The van der Waals surface area contributed by atoms with E-state index in [1.807, 2.05) is 17.8 Å². The Morgan fingerprint density at radius 3 is 2.24 bits per heavy atom. The Morgan fingerprint density at radius 1 is 1.10 bits per heavy atom. The first-order valence-electron chi connectivity index (χ1n) is 6.64. The van der Waals surface area contributed by atoms with Crippen molar-refractivity contribution in [2.75, 3.05) is 0 Å². The molecule has 6 heteroatoms. The molecule has 0 radical (unpaired) electrons. The van der Waals surface area contributed by atoms with E-state index in [0.717, 1.165) is 17.5 Å². The number of hydrogen-bond acceptors (Lipinski definition) is 2. The molecule has 2 rings (SSSR count). The van der Waals surface area contributed by atoms with Crippen molar-refractivity contribution < 1.29 is 8.78 Å². The van der Waals surface area contributed by atoms with Gasteiger partial charge < -0.3 is 5.32 Å². The predicted molar refractivity (Wildman–Crippen MR) is 81.4 cm³/mol. The van der Waals surface area contributed by atoms with E-state index in [2.05, 4.69) is 24.3 Å². The fraction of sp³-hybridized carbons (Fsp3) is 0.400. The predicted octanol–water partition coefficient (Wildman–Crippen LogP) is 3.53. The molecule has 3 nitrogen and oxygen atoms in total. The van der Waals surface area contributed by atoms with Crippen LogP contribution in [0, 0.1) is 11.6 Å². The number of rotatable bonds is 5. The van der Waals surface area contributed by atoms with Gasteiger partial charge >= 0.3 is 0 Å². The number of hydrogen-bond donors (Lipinski definition) is 1. The quantitative estimate of drug-likeness (QED) is 0.914. The number of nitrogens with one attached hydrogen (secondary N) is 1. The van der Waals surface area contributed by atoms with Gasteiger partial charge in [-0.25, -0.2) is 8.78 Å². The summed E-state index contributed by atoms with van der Waals surface area (Å²) in [6, 6.07) is 5.58. The van der Waals surface area contributed by atoms with Gasteiger partial charge in [-0.2, -0.15) is 5.10 Å². The molecule has 2 aromatic rings. The molecule has 0 aliphatic rings. The van der Waals surface area contributed by atoms with Crippen LogP contribution >= 0.6 is 12.4 Å². The fourth-order valence-electron chi connectivity index (χ4n) is 2.03. The minimum absolute atomic E-state index is 0. The van der Waals surface area contributed by atoms with Gasteiger partial charge in [0.1, 0.15) is 11.6 Å². The van der Waals surface area contributed by atoms with Crippen LogP contribution in [0.3, 0.4) is 0 Å². The molecule has 0 saturated heterocycles. The zero-order valence-corrected chi connectivity index (χ0v) is 13.2. The van der Waals surface area contributed by atoms with Crippen LogP contribution in [0.1, 0.15) is 36.7 Å². The van der Waals surface area contributed by atoms with Crippen LogP contribution in [-0.2, 0) is 20.1 Å². The van der Waals surface area contributed by atoms with E-state index >= 15 is 0 Å².